The summed E-state index contributed by atoms with van der Waals surface area (Å²) in [6.45, 7) is 18.2. The molecule has 0 amide bonds. The van der Waals surface area contributed by atoms with E-state index in [0.717, 1.165) is 13.8 Å². The summed E-state index contributed by atoms with van der Waals surface area (Å²) in [7, 11) is 0. The van der Waals surface area contributed by atoms with Crippen molar-refractivity contribution in [1.82, 2.24) is 0 Å². The van der Waals surface area contributed by atoms with Gasteiger partial charge >= 0.3 is 0 Å². The van der Waals surface area contributed by atoms with Crippen LogP contribution >= 0.6 is 0 Å². The molecule has 6 heteroatoms. The summed E-state index contributed by atoms with van der Waals surface area (Å²) in [5, 5.41) is 14.8. The van der Waals surface area contributed by atoms with E-state index in [2.05, 4.69) is 0 Å². The Bertz CT molecular complexity index is 80.1. The molecule has 0 saturated heterocycles. The molecule has 0 aromatic heterocycles. The molecule has 0 fully saturated rings. The van der Waals surface area contributed by atoms with Gasteiger partial charge in [-0.2, -0.15) is 0 Å². The van der Waals surface area contributed by atoms with Crippen molar-refractivity contribution in [1.29, 1.82) is 0 Å². The SMILES string of the molecule is CC.CC.CC.CC.CC(=O)O.CC(=O)O.[Ar].[Ar]. The Labute approximate surface area is 174 Å². The molecule has 0 aliphatic rings. The fourth-order valence-corrected chi connectivity index (χ4v) is 0. The van der Waals surface area contributed by atoms with Crippen LogP contribution in [0.1, 0.15) is 69.2 Å². The topological polar surface area (TPSA) is 74.6 Å². The Morgan fingerprint density at radius 3 is 0.556 bits per heavy atom. The van der Waals surface area contributed by atoms with Crippen molar-refractivity contribution in [3.8, 4) is 0 Å². The number of aliphatic carboxylic acids is 2. The molecule has 18 heavy (non-hydrogen) atoms. The molecular weight excluding hydrogens is 288 g/mol. The first-order chi connectivity index (χ1) is 7.46. The van der Waals surface area contributed by atoms with E-state index in [0.29, 0.717) is 0 Å². The zero-order valence-electron chi connectivity index (χ0n) is 13.4. The van der Waals surface area contributed by atoms with Gasteiger partial charge in [0, 0.05) is 89.3 Å². The Balaban J connectivity index is -0.0000000113. The number of hydrogen-bond donors (Lipinski definition) is 2. The average molecular weight is 320 g/mol. The zero-order chi connectivity index (χ0) is 15.2. The fourth-order valence-electron chi connectivity index (χ4n) is 0. The van der Waals surface area contributed by atoms with Crippen molar-refractivity contribution in [3.63, 3.8) is 0 Å². The first-order valence-electron chi connectivity index (χ1n) is 5.86. The normalized spacial score (nSPS) is 4.11. The van der Waals surface area contributed by atoms with Crippen molar-refractivity contribution in [2.75, 3.05) is 0 Å². The second-order valence-corrected chi connectivity index (χ2v) is 1.04. The van der Waals surface area contributed by atoms with Crippen molar-refractivity contribution >= 4 is 11.9 Å². The van der Waals surface area contributed by atoms with Gasteiger partial charge in [0.15, 0.2) is 0 Å². The van der Waals surface area contributed by atoms with Crippen LogP contribution in [-0.4, -0.2) is 22.2 Å². The van der Waals surface area contributed by atoms with E-state index in [4.69, 9.17) is 19.8 Å². The van der Waals surface area contributed by atoms with Crippen molar-refractivity contribution in [3.05, 3.63) is 0 Å². The van der Waals surface area contributed by atoms with E-state index < -0.39 is 11.9 Å². The summed E-state index contributed by atoms with van der Waals surface area (Å²) in [5.41, 5.74) is 0. The van der Waals surface area contributed by atoms with Crippen LogP contribution < -0.4 is 0 Å². The molecule has 2 N–H and O–H groups in total. The maximum absolute atomic E-state index is 9.00. The van der Waals surface area contributed by atoms with Crippen molar-refractivity contribution in [2.24, 2.45) is 0 Å². The predicted molar refractivity (Wildman–Crippen MR) is 72.0 cm³/mol. The molecule has 0 atom stereocenters. The van der Waals surface area contributed by atoms with Crippen molar-refractivity contribution in [2.45, 2.75) is 69.2 Å². The molecule has 0 bridgehead atoms. The minimum absolute atomic E-state index is 0. The summed E-state index contributed by atoms with van der Waals surface area (Å²) in [6.07, 6.45) is 0. The van der Waals surface area contributed by atoms with Gasteiger partial charge in [0.2, 0.25) is 0 Å². The Morgan fingerprint density at radius 2 is 0.556 bits per heavy atom. The maximum atomic E-state index is 9.00. The van der Waals surface area contributed by atoms with Gasteiger partial charge in [-0.3, -0.25) is 9.59 Å². The summed E-state index contributed by atoms with van der Waals surface area (Å²) >= 11 is 0. The van der Waals surface area contributed by atoms with Gasteiger partial charge in [0.1, 0.15) is 0 Å². The number of hydrogen-bond acceptors (Lipinski definition) is 2. The molecular formula is C12H32Ar2O4. The third-order valence-electron chi connectivity index (χ3n) is 0. The molecule has 0 heterocycles. The number of carboxylic acids is 2. The van der Waals surface area contributed by atoms with E-state index in [-0.39, 0.29) is 75.5 Å². The van der Waals surface area contributed by atoms with Crippen LogP contribution in [0.25, 0.3) is 0 Å². The molecule has 0 aromatic rings. The Kier molecular flexibility index (Phi) is 284. The van der Waals surface area contributed by atoms with E-state index >= 15 is 0 Å². The Hall–Kier alpha value is 1.46. The smallest absolute Gasteiger partial charge is 0.300 e. The van der Waals surface area contributed by atoms with Crippen LogP contribution in [0.15, 0.2) is 0 Å². The summed E-state index contributed by atoms with van der Waals surface area (Å²) in [4.78, 5) is 18.0. The van der Waals surface area contributed by atoms with E-state index in [1.807, 2.05) is 55.4 Å². The standard InChI is InChI=1S/2C2H4O2.4C2H6.2Ar/c2*1-2(3)4;4*1-2;;/h2*1H3,(H,3,4);4*1-2H3;;. The third kappa shape index (κ3) is 2220. The van der Waals surface area contributed by atoms with E-state index in [1.54, 1.807) is 0 Å². The monoisotopic (exact) mass is 320 g/mol. The van der Waals surface area contributed by atoms with Gasteiger partial charge < -0.3 is 10.2 Å². The largest absolute Gasteiger partial charge is 0.481 e. The molecule has 0 aliphatic heterocycles. The fraction of sp³-hybridized carbons (Fsp3) is 0.833. The van der Waals surface area contributed by atoms with E-state index in [1.165, 1.54) is 0 Å². The van der Waals surface area contributed by atoms with Crippen LogP contribution in [0.3, 0.4) is 0 Å². The molecule has 0 radical (unpaired) electrons. The van der Waals surface area contributed by atoms with Gasteiger partial charge in [0.25, 0.3) is 11.9 Å². The summed E-state index contributed by atoms with van der Waals surface area (Å²) < 4.78 is 0. The van der Waals surface area contributed by atoms with Crippen LogP contribution in [0.2, 0.25) is 0 Å². The van der Waals surface area contributed by atoms with Gasteiger partial charge in [0.05, 0.1) is 0 Å². The second-order valence-electron chi connectivity index (χ2n) is 1.04. The van der Waals surface area contributed by atoms with Crippen LogP contribution in [0.5, 0.6) is 0 Å². The first-order valence-corrected chi connectivity index (χ1v) is 5.86. The molecule has 0 unspecified atom stereocenters. The van der Waals surface area contributed by atoms with Crippen LogP contribution in [0.4, 0.5) is 0 Å². The molecule has 4 nitrogen and oxygen atoms in total. The van der Waals surface area contributed by atoms with E-state index in [9.17, 15) is 0 Å². The maximum Gasteiger partial charge on any atom is 0.300 e. The van der Waals surface area contributed by atoms with Gasteiger partial charge in [-0.1, -0.05) is 55.4 Å². The number of carboxylic acid groups (broad SMARTS) is 2. The summed E-state index contributed by atoms with van der Waals surface area (Å²) in [5.74, 6) is -1.67. The summed E-state index contributed by atoms with van der Waals surface area (Å²) in [6, 6.07) is 0. The van der Waals surface area contributed by atoms with Gasteiger partial charge in [-0.25, -0.2) is 0 Å². The quantitative estimate of drug-likeness (QED) is 0.698. The third-order valence-corrected chi connectivity index (χ3v) is 0. The molecule has 120 valence electrons. The van der Waals surface area contributed by atoms with Crippen LogP contribution in [-0.2, 0) is 9.59 Å². The minimum Gasteiger partial charge on any atom is -0.481 e. The Morgan fingerprint density at radius 1 is 0.556 bits per heavy atom. The number of carbonyl (C=O) groups is 2. The minimum atomic E-state index is -0.833. The molecule has 0 spiro atoms. The van der Waals surface area contributed by atoms with Gasteiger partial charge in [-0.05, 0) is 0 Å². The molecule has 0 rings (SSSR count). The first kappa shape index (κ1) is 50.5. The van der Waals surface area contributed by atoms with Gasteiger partial charge in [-0.15, -0.1) is 0 Å². The zero-order valence-corrected chi connectivity index (χ0v) is 14.8. The van der Waals surface area contributed by atoms with Crippen LogP contribution in [0, 0.1) is 75.5 Å². The average Bonchev–Trinajstić information content (AvgIpc) is 2.27. The molecule has 0 aliphatic carbocycles. The predicted octanol–water partition coefficient (Wildman–Crippen LogP) is 4.29. The van der Waals surface area contributed by atoms with Crippen molar-refractivity contribution < 1.29 is 95.3 Å². The number of rotatable bonds is 0. The molecule has 0 aromatic carbocycles. The molecule has 0 saturated carbocycles. The second kappa shape index (κ2) is 101.